The minimum absolute atomic E-state index is 0.0183. The van der Waals surface area contributed by atoms with Crippen molar-refractivity contribution < 1.29 is 33.6 Å². The van der Waals surface area contributed by atoms with Crippen molar-refractivity contribution in [1.29, 1.82) is 0 Å². The highest BCUT2D eigenvalue weighted by atomic mass is 16.5. The quantitative estimate of drug-likeness (QED) is 0.431. The number of amides is 1. The Labute approximate surface area is 217 Å². The topological polar surface area (TPSA) is 86.7 Å². The van der Waals surface area contributed by atoms with E-state index in [0.717, 1.165) is 31.2 Å². The van der Waals surface area contributed by atoms with Crippen molar-refractivity contribution in [3.8, 4) is 28.7 Å². The van der Waals surface area contributed by atoms with Crippen molar-refractivity contribution in [2.24, 2.45) is 5.92 Å². The number of fused-ring (bicyclic) bond motifs is 2. The lowest BCUT2D eigenvalue weighted by molar-refractivity contribution is -0.183. The van der Waals surface area contributed by atoms with E-state index in [2.05, 4.69) is 0 Å². The molecule has 1 saturated heterocycles. The van der Waals surface area contributed by atoms with Crippen LogP contribution in [0, 0.1) is 5.92 Å². The predicted molar refractivity (Wildman–Crippen MR) is 139 cm³/mol. The first-order valence-corrected chi connectivity index (χ1v) is 12.5. The van der Waals surface area contributed by atoms with E-state index >= 15 is 0 Å². The summed E-state index contributed by atoms with van der Waals surface area (Å²) in [6, 6.07) is 9.31. The molecule has 8 heteroatoms. The summed E-state index contributed by atoms with van der Waals surface area (Å²) in [6.45, 7) is 0. The maximum absolute atomic E-state index is 13.8. The third kappa shape index (κ3) is 3.69. The molecule has 0 aromatic heterocycles. The predicted octanol–water partition coefficient (Wildman–Crippen LogP) is 5.08. The van der Waals surface area contributed by atoms with Crippen LogP contribution in [-0.2, 0) is 4.79 Å². The number of carbonyl (C=O) groups excluding carboxylic acids is 1. The van der Waals surface area contributed by atoms with Gasteiger partial charge in [-0.15, -0.1) is 0 Å². The Morgan fingerprint density at radius 2 is 1.78 bits per heavy atom. The number of likely N-dealkylation sites (tertiary alicyclic amines) is 1. The first-order valence-electron chi connectivity index (χ1n) is 12.5. The van der Waals surface area contributed by atoms with Gasteiger partial charge in [0.15, 0.2) is 28.7 Å². The lowest BCUT2D eigenvalue weighted by Crippen LogP contribution is -2.67. The molecule has 37 heavy (non-hydrogen) atoms. The SMILES string of the molecule is COc1cccc2c1O[C@@]13CCCC[C@H]1[C@H]2/C(=C(O)\C=C\c1ccc(OC)c(OC)c1OC)C(=O)N3C. The number of rotatable bonds is 6. The maximum Gasteiger partial charge on any atom is 0.256 e. The van der Waals surface area contributed by atoms with Gasteiger partial charge in [0.05, 0.1) is 34.0 Å². The number of allylic oxidation sites excluding steroid dienone is 1. The van der Waals surface area contributed by atoms with E-state index in [1.807, 2.05) is 24.3 Å². The zero-order valence-electron chi connectivity index (χ0n) is 21.9. The molecule has 1 saturated carbocycles. The Hall–Kier alpha value is -3.81. The number of aliphatic hydroxyl groups excluding tert-OH is 1. The number of hydrogen-bond acceptors (Lipinski definition) is 7. The molecule has 2 aromatic carbocycles. The second-order valence-corrected chi connectivity index (χ2v) is 9.58. The molecule has 2 bridgehead atoms. The van der Waals surface area contributed by atoms with E-state index in [0.29, 0.717) is 39.9 Å². The van der Waals surface area contributed by atoms with E-state index in [-0.39, 0.29) is 23.5 Å². The Bertz CT molecular complexity index is 1280. The molecule has 2 fully saturated rings. The molecular formula is C29H33NO7. The molecule has 1 aliphatic carbocycles. The van der Waals surface area contributed by atoms with Crippen LogP contribution in [0.15, 0.2) is 47.7 Å². The number of nitrogens with zero attached hydrogens (tertiary/aromatic N) is 1. The number of benzene rings is 2. The molecule has 2 heterocycles. The normalized spacial score (nSPS) is 25.6. The van der Waals surface area contributed by atoms with Crippen molar-refractivity contribution in [1.82, 2.24) is 4.90 Å². The van der Waals surface area contributed by atoms with Gasteiger partial charge in [-0.3, -0.25) is 4.79 Å². The third-order valence-corrected chi connectivity index (χ3v) is 7.97. The average Bonchev–Trinajstić information content (AvgIpc) is 2.93. The van der Waals surface area contributed by atoms with Crippen molar-refractivity contribution >= 4 is 12.0 Å². The number of piperidine rings is 1. The van der Waals surface area contributed by atoms with Crippen LogP contribution in [-0.4, -0.2) is 57.1 Å². The van der Waals surface area contributed by atoms with E-state index in [4.69, 9.17) is 23.7 Å². The Balaban J connectivity index is 1.66. The lowest BCUT2D eigenvalue weighted by Gasteiger charge is -2.58. The van der Waals surface area contributed by atoms with Crippen LogP contribution in [0.2, 0.25) is 0 Å². The zero-order chi connectivity index (χ0) is 26.3. The molecule has 0 unspecified atom stereocenters. The molecule has 0 spiro atoms. The molecule has 3 atom stereocenters. The van der Waals surface area contributed by atoms with E-state index in [9.17, 15) is 9.90 Å². The zero-order valence-corrected chi connectivity index (χ0v) is 21.9. The summed E-state index contributed by atoms with van der Waals surface area (Å²) in [5, 5.41) is 11.4. The number of likely N-dealkylation sites (N-methyl/N-ethyl adjacent to an activating group) is 1. The van der Waals surface area contributed by atoms with Crippen LogP contribution in [0.4, 0.5) is 0 Å². The van der Waals surface area contributed by atoms with Crippen LogP contribution in [0.3, 0.4) is 0 Å². The number of hydrogen-bond donors (Lipinski definition) is 1. The number of methoxy groups -OCH3 is 4. The first-order chi connectivity index (χ1) is 17.9. The van der Waals surface area contributed by atoms with Crippen molar-refractivity contribution in [2.45, 2.75) is 37.3 Å². The van der Waals surface area contributed by atoms with E-state index in [1.54, 1.807) is 51.5 Å². The number of para-hydroxylation sites is 1. The summed E-state index contributed by atoms with van der Waals surface area (Å²) < 4.78 is 28.7. The second kappa shape index (κ2) is 9.57. The van der Waals surface area contributed by atoms with Crippen LogP contribution >= 0.6 is 0 Å². The molecule has 8 nitrogen and oxygen atoms in total. The smallest absolute Gasteiger partial charge is 0.256 e. The molecule has 1 amide bonds. The van der Waals surface area contributed by atoms with Crippen LogP contribution in [0.25, 0.3) is 6.08 Å². The lowest BCUT2D eigenvalue weighted by atomic mass is 9.63. The summed E-state index contributed by atoms with van der Waals surface area (Å²) in [5.41, 5.74) is 1.13. The van der Waals surface area contributed by atoms with E-state index in [1.165, 1.54) is 7.11 Å². The first kappa shape index (κ1) is 24.9. The minimum Gasteiger partial charge on any atom is -0.507 e. The summed E-state index contributed by atoms with van der Waals surface area (Å²) in [6.07, 6.45) is 6.90. The highest BCUT2D eigenvalue weighted by Crippen LogP contribution is 2.60. The summed E-state index contributed by atoms with van der Waals surface area (Å²) in [5.74, 6) is 2.09. The summed E-state index contributed by atoms with van der Waals surface area (Å²) in [7, 11) is 8.02. The monoisotopic (exact) mass is 507 g/mol. The fraction of sp³-hybridized carbons (Fsp3) is 0.414. The third-order valence-electron chi connectivity index (χ3n) is 7.97. The fourth-order valence-electron chi connectivity index (χ4n) is 6.26. The van der Waals surface area contributed by atoms with Gasteiger partial charge >= 0.3 is 0 Å². The average molecular weight is 508 g/mol. The van der Waals surface area contributed by atoms with Gasteiger partial charge in [-0.2, -0.15) is 0 Å². The molecule has 2 aliphatic heterocycles. The van der Waals surface area contributed by atoms with Gasteiger partial charge in [-0.1, -0.05) is 18.6 Å². The molecule has 196 valence electrons. The Morgan fingerprint density at radius 3 is 2.49 bits per heavy atom. The summed E-state index contributed by atoms with van der Waals surface area (Å²) >= 11 is 0. The molecule has 5 rings (SSSR count). The molecule has 0 radical (unpaired) electrons. The van der Waals surface area contributed by atoms with Gasteiger partial charge in [0.1, 0.15) is 5.76 Å². The number of aliphatic hydroxyl groups is 1. The second-order valence-electron chi connectivity index (χ2n) is 9.58. The standard InChI is InChI=1S/C29H33NO7/c1-30-28(32)24(20(31)14-12-17-13-15-22(34-3)27(36-5)25(17)35-4)23-18-9-8-11-21(33-2)26(18)37-29(30)16-7-6-10-19(23)29/h8-9,11-15,19,23,31H,6-7,10,16H2,1-5H3/b14-12+,24-20-/t19-,23-,29-/m0/s1. The van der Waals surface area contributed by atoms with Crippen LogP contribution in [0.1, 0.15) is 42.7 Å². The fourth-order valence-corrected chi connectivity index (χ4v) is 6.26. The van der Waals surface area contributed by atoms with Gasteiger partial charge in [0.2, 0.25) is 5.75 Å². The Kier molecular flexibility index (Phi) is 6.43. The molecule has 2 aromatic rings. The van der Waals surface area contributed by atoms with Crippen molar-refractivity contribution in [3.05, 3.63) is 58.9 Å². The van der Waals surface area contributed by atoms with Gasteiger partial charge in [0, 0.05) is 36.4 Å². The minimum atomic E-state index is -0.762. The molecule has 1 N–H and O–H groups in total. The van der Waals surface area contributed by atoms with Crippen molar-refractivity contribution in [3.63, 3.8) is 0 Å². The van der Waals surface area contributed by atoms with Gasteiger partial charge in [0.25, 0.3) is 5.91 Å². The van der Waals surface area contributed by atoms with Gasteiger partial charge < -0.3 is 33.7 Å². The number of carbonyl (C=O) groups is 1. The maximum atomic E-state index is 13.8. The van der Waals surface area contributed by atoms with Crippen molar-refractivity contribution in [2.75, 3.05) is 35.5 Å². The highest BCUT2D eigenvalue weighted by Gasteiger charge is 2.61. The number of ether oxygens (including phenoxy) is 5. The molecule has 3 aliphatic rings. The largest absolute Gasteiger partial charge is 0.507 e. The van der Waals surface area contributed by atoms with Gasteiger partial charge in [-0.25, -0.2) is 0 Å². The van der Waals surface area contributed by atoms with E-state index < -0.39 is 5.72 Å². The molecular weight excluding hydrogens is 474 g/mol. The summed E-state index contributed by atoms with van der Waals surface area (Å²) in [4.78, 5) is 15.5. The highest BCUT2D eigenvalue weighted by molar-refractivity contribution is 5.98. The van der Waals surface area contributed by atoms with Crippen LogP contribution < -0.4 is 23.7 Å². The van der Waals surface area contributed by atoms with Gasteiger partial charge in [-0.05, 0) is 43.2 Å². The van der Waals surface area contributed by atoms with Crippen LogP contribution in [0.5, 0.6) is 28.7 Å². The Morgan fingerprint density at radius 1 is 1.03 bits per heavy atom.